The Morgan fingerprint density at radius 1 is 0.871 bits per heavy atom. The number of carbonyl (C=O) groups excluding carboxylic acids is 3. The maximum Gasteiger partial charge on any atom is 0.330 e. The lowest BCUT2D eigenvalue weighted by Crippen LogP contribution is -2.30. The minimum Gasteiger partial charge on any atom is -0.466 e. The molecule has 6 heteroatoms. The van der Waals surface area contributed by atoms with Gasteiger partial charge in [-0.1, -0.05) is 58.0 Å². The van der Waals surface area contributed by atoms with Gasteiger partial charge in [-0.3, -0.25) is 9.59 Å². The first kappa shape index (κ1) is 26.4. The summed E-state index contributed by atoms with van der Waals surface area (Å²) < 4.78 is 15.6. The third-order valence-electron chi connectivity index (χ3n) is 4.81. The van der Waals surface area contributed by atoms with Gasteiger partial charge in [0.25, 0.3) is 0 Å². The van der Waals surface area contributed by atoms with E-state index in [1.165, 1.54) is 6.08 Å². The first-order valence-corrected chi connectivity index (χ1v) is 11.0. The molecule has 0 fully saturated rings. The smallest absolute Gasteiger partial charge is 0.330 e. The van der Waals surface area contributed by atoms with Crippen LogP contribution in [0.3, 0.4) is 0 Å². The molecule has 0 heterocycles. The van der Waals surface area contributed by atoms with Crippen LogP contribution in [0.1, 0.15) is 53.0 Å². The number of hydrogen-bond acceptors (Lipinski definition) is 6. The van der Waals surface area contributed by atoms with Crippen LogP contribution in [0.25, 0.3) is 6.08 Å². The molecule has 172 valence electrons. The van der Waals surface area contributed by atoms with Gasteiger partial charge >= 0.3 is 17.9 Å². The summed E-state index contributed by atoms with van der Waals surface area (Å²) >= 11 is 0. The quantitative estimate of drug-likeness (QED) is 0.195. The van der Waals surface area contributed by atoms with Crippen LogP contribution in [0.15, 0.2) is 36.4 Å². The molecular weight excluding hydrogens is 396 g/mol. The molecule has 0 aliphatic rings. The van der Waals surface area contributed by atoms with Crippen LogP contribution in [-0.4, -0.2) is 37.7 Å². The third-order valence-corrected chi connectivity index (χ3v) is 4.81. The molecule has 0 N–H and O–H groups in total. The minimum absolute atomic E-state index is 0.00736. The summed E-state index contributed by atoms with van der Waals surface area (Å²) in [4.78, 5) is 36.7. The largest absolute Gasteiger partial charge is 0.466 e. The molecule has 0 aliphatic carbocycles. The van der Waals surface area contributed by atoms with E-state index in [-0.39, 0.29) is 37.0 Å². The zero-order valence-corrected chi connectivity index (χ0v) is 19.3. The van der Waals surface area contributed by atoms with E-state index in [9.17, 15) is 14.4 Å². The van der Waals surface area contributed by atoms with Crippen LogP contribution in [0.4, 0.5) is 0 Å². The summed E-state index contributed by atoms with van der Waals surface area (Å²) in [6, 6.07) is 9.40. The normalized spacial score (nSPS) is 13.3. The molecule has 1 aromatic carbocycles. The van der Waals surface area contributed by atoms with E-state index in [2.05, 4.69) is 0 Å². The molecule has 0 saturated carbocycles. The first-order chi connectivity index (χ1) is 14.7. The second-order valence-electron chi connectivity index (χ2n) is 8.24. The standard InChI is InChI=1S/C25H36O6/c1-6-29-24(27)21(16-18(2)3)17-22(19(4)5)25(28)31-15-14-30-23(26)13-12-20-10-8-7-9-11-20/h7-13,18-19,21-22H,6,14-17H2,1-5H3/b13-12+. The van der Waals surface area contributed by atoms with Gasteiger partial charge in [0.1, 0.15) is 13.2 Å². The van der Waals surface area contributed by atoms with Crippen LogP contribution in [-0.2, 0) is 28.6 Å². The minimum atomic E-state index is -0.500. The molecule has 0 aliphatic heterocycles. The van der Waals surface area contributed by atoms with Crippen LogP contribution in [0.2, 0.25) is 0 Å². The summed E-state index contributed by atoms with van der Waals surface area (Å²) in [7, 11) is 0. The number of benzene rings is 1. The monoisotopic (exact) mass is 432 g/mol. The fourth-order valence-corrected chi connectivity index (χ4v) is 3.23. The molecule has 1 aromatic rings. The Morgan fingerprint density at radius 2 is 1.52 bits per heavy atom. The average Bonchev–Trinajstić information content (AvgIpc) is 2.72. The summed E-state index contributed by atoms with van der Waals surface area (Å²) in [6.45, 7) is 9.97. The average molecular weight is 433 g/mol. The van der Waals surface area contributed by atoms with E-state index >= 15 is 0 Å². The number of hydrogen-bond donors (Lipinski definition) is 0. The number of esters is 3. The van der Waals surface area contributed by atoms with Crippen LogP contribution >= 0.6 is 0 Å². The van der Waals surface area contributed by atoms with Gasteiger partial charge in [0.05, 0.1) is 18.4 Å². The zero-order valence-electron chi connectivity index (χ0n) is 19.3. The van der Waals surface area contributed by atoms with Crippen molar-refractivity contribution in [3.63, 3.8) is 0 Å². The molecule has 1 rings (SSSR count). The van der Waals surface area contributed by atoms with Gasteiger partial charge in [-0.25, -0.2) is 4.79 Å². The lowest BCUT2D eigenvalue weighted by Gasteiger charge is -2.25. The molecule has 0 radical (unpaired) electrons. The van der Waals surface area contributed by atoms with Gasteiger partial charge in [0.2, 0.25) is 0 Å². The highest BCUT2D eigenvalue weighted by Gasteiger charge is 2.31. The fraction of sp³-hybridized carbons (Fsp3) is 0.560. The molecule has 0 bridgehead atoms. The topological polar surface area (TPSA) is 78.9 Å². The Hall–Kier alpha value is -2.63. The van der Waals surface area contributed by atoms with Crippen molar-refractivity contribution < 1.29 is 28.6 Å². The van der Waals surface area contributed by atoms with Crippen molar-refractivity contribution in [2.75, 3.05) is 19.8 Å². The molecular formula is C25H36O6. The molecule has 2 unspecified atom stereocenters. The Morgan fingerprint density at radius 3 is 2.10 bits per heavy atom. The second kappa shape index (κ2) is 14.4. The highest BCUT2D eigenvalue weighted by Crippen LogP contribution is 2.27. The molecule has 6 nitrogen and oxygen atoms in total. The third kappa shape index (κ3) is 10.8. The summed E-state index contributed by atoms with van der Waals surface area (Å²) in [5, 5.41) is 0. The Bertz CT molecular complexity index is 708. The van der Waals surface area contributed by atoms with Gasteiger partial charge in [0.15, 0.2) is 0 Å². The molecule has 31 heavy (non-hydrogen) atoms. The van der Waals surface area contributed by atoms with Gasteiger partial charge in [-0.2, -0.15) is 0 Å². The molecule has 0 amide bonds. The van der Waals surface area contributed by atoms with E-state index in [0.717, 1.165) is 5.56 Å². The van der Waals surface area contributed by atoms with Crippen LogP contribution in [0.5, 0.6) is 0 Å². The lowest BCUT2D eigenvalue weighted by molar-refractivity contribution is -0.157. The lowest BCUT2D eigenvalue weighted by atomic mass is 9.83. The molecule has 2 atom stereocenters. The van der Waals surface area contributed by atoms with Gasteiger partial charge in [-0.15, -0.1) is 0 Å². The first-order valence-electron chi connectivity index (χ1n) is 11.0. The number of ether oxygens (including phenoxy) is 3. The Kier molecular flexibility index (Phi) is 12.3. The van der Waals surface area contributed by atoms with Crippen molar-refractivity contribution >= 4 is 24.0 Å². The zero-order chi connectivity index (χ0) is 23.2. The second-order valence-corrected chi connectivity index (χ2v) is 8.24. The van der Waals surface area contributed by atoms with E-state index < -0.39 is 11.9 Å². The predicted molar refractivity (Wildman–Crippen MR) is 120 cm³/mol. The fourth-order valence-electron chi connectivity index (χ4n) is 3.23. The molecule has 0 spiro atoms. The van der Waals surface area contributed by atoms with Crippen molar-refractivity contribution in [1.82, 2.24) is 0 Å². The van der Waals surface area contributed by atoms with Crippen molar-refractivity contribution in [3.05, 3.63) is 42.0 Å². The van der Waals surface area contributed by atoms with E-state index in [1.807, 2.05) is 58.0 Å². The predicted octanol–water partition coefficient (Wildman–Crippen LogP) is 4.67. The highest BCUT2D eigenvalue weighted by molar-refractivity contribution is 5.87. The van der Waals surface area contributed by atoms with E-state index in [4.69, 9.17) is 14.2 Å². The van der Waals surface area contributed by atoms with Crippen molar-refractivity contribution in [2.24, 2.45) is 23.7 Å². The Balaban J connectivity index is 2.52. The van der Waals surface area contributed by atoms with E-state index in [1.54, 1.807) is 13.0 Å². The van der Waals surface area contributed by atoms with Crippen molar-refractivity contribution in [2.45, 2.75) is 47.5 Å². The number of rotatable bonds is 13. The van der Waals surface area contributed by atoms with Crippen LogP contribution < -0.4 is 0 Å². The van der Waals surface area contributed by atoms with Crippen molar-refractivity contribution in [3.8, 4) is 0 Å². The Labute approximate surface area is 186 Å². The maximum atomic E-state index is 12.6. The van der Waals surface area contributed by atoms with Gasteiger partial charge in [0, 0.05) is 6.08 Å². The van der Waals surface area contributed by atoms with Gasteiger partial charge < -0.3 is 14.2 Å². The summed E-state index contributed by atoms with van der Waals surface area (Å²) in [5.74, 6) is -1.62. The van der Waals surface area contributed by atoms with Crippen LogP contribution in [0, 0.1) is 23.7 Å². The summed E-state index contributed by atoms with van der Waals surface area (Å²) in [6.07, 6.45) is 4.03. The van der Waals surface area contributed by atoms with Gasteiger partial charge in [-0.05, 0) is 43.2 Å². The summed E-state index contributed by atoms with van der Waals surface area (Å²) in [5.41, 5.74) is 0.892. The molecule has 0 saturated heterocycles. The maximum absolute atomic E-state index is 12.6. The van der Waals surface area contributed by atoms with E-state index in [0.29, 0.717) is 25.4 Å². The van der Waals surface area contributed by atoms with Crippen molar-refractivity contribution in [1.29, 1.82) is 0 Å². The highest BCUT2D eigenvalue weighted by atomic mass is 16.6. The SMILES string of the molecule is CCOC(=O)C(CC(C)C)CC(C(=O)OCCOC(=O)/C=C/c1ccccc1)C(C)C. The number of carbonyl (C=O) groups is 3. The molecule has 0 aromatic heterocycles.